The van der Waals surface area contributed by atoms with Gasteiger partial charge in [0.25, 0.3) is 0 Å². The molecule has 5 nitrogen and oxygen atoms in total. The van der Waals surface area contributed by atoms with Crippen LogP contribution in [0.3, 0.4) is 0 Å². The van der Waals surface area contributed by atoms with Gasteiger partial charge in [0.05, 0.1) is 13.7 Å². The minimum absolute atomic E-state index is 0.727. The summed E-state index contributed by atoms with van der Waals surface area (Å²) in [6.07, 6.45) is 5.48. The van der Waals surface area contributed by atoms with Crippen LogP contribution >= 0.6 is 0 Å². The van der Waals surface area contributed by atoms with E-state index in [0.29, 0.717) is 0 Å². The third-order valence-corrected chi connectivity index (χ3v) is 4.26. The summed E-state index contributed by atoms with van der Waals surface area (Å²) in [5.41, 5.74) is 3.46. The van der Waals surface area contributed by atoms with Crippen molar-refractivity contribution in [3.63, 3.8) is 0 Å². The van der Waals surface area contributed by atoms with Crippen molar-refractivity contribution in [2.24, 2.45) is 5.10 Å². The Labute approximate surface area is 154 Å². The van der Waals surface area contributed by atoms with E-state index in [1.807, 2.05) is 35.0 Å². The fraction of sp³-hybridized carbons (Fsp3) is 0.238. The number of benzene rings is 2. The molecule has 0 aliphatic heterocycles. The third kappa shape index (κ3) is 4.11. The SMILES string of the molecule is CCN(Cc1ccc(OC)cc1)N=C(c1ccccc1C)n1ccnc1. The van der Waals surface area contributed by atoms with Crippen molar-refractivity contribution in [1.29, 1.82) is 0 Å². The number of hydrazone groups is 1. The number of hydrogen-bond acceptors (Lipinski definition) is 4. The number of nitrogens with zero attached hydrogens (tertiary/aromatic N) is 4. The van der Waals surface area contributed by atoms with E-state index in [0.717, 1.165) is 30.2 Å². The maximum Gasteiger partial charge on any atom is 0.165 e. The summed E-state index contributed by atoms with van der Waals surface area (Å²) in [6.45, 7) is 5.73. The van der Waals surface area contributed by atoms with Crippen molar-refractivity contribution in [2.45, 2.75) is 20.4 Å². The predicted octanol–water partition coefficient (Wildman–Crippen LogP) is 3.93. The molecular formula is C21H24N4O. The molecule has 3 rings (SSSR count). The number of hydrogen-bond donors (Lipinski definition) is 0. The molecule has 26 heavy (non-hydrogen) atoms. The van der Waals surface area contributed by atoms with Crippen LogP contribution in [0.25, 0.3) is 0 Å². The third-order valence-electron chi connectivity index (χ3n) is 4.26. The van der Waals surface area contributed by atoms with Gasteiger partial charge in [-0.2, -0.15) is 5.10 Å². The van der Waals surface area contributed by atoms with Gasteiger partial charge in [-0.1, -0.05) is 36.4 Å². The van der Waals surface area contributed by atoms with Crippen molar-refractivity contribution in [1.82, 2.24) is 14.6 Å². The summed E-state index contributed by atoms with van der Waals surface area (Å²) >= 11 is 0. The molecule has 0 fully saturated rings. The molecule has 2 aromatic carbocycles. The Balaban J connectivity index is 1.93. The molecule has 134 valence electrons. The Hall–Kier alpha value is -3.08. The van der Waals surface area contributed by atoms with Crippen LogP contribution in [0.1, 0.15) is 23.6 Å². The summed E-state index contributed by atoms with van der Waals surface area (Å²) in [5, 5.41) is 7.01. The lowest BCUT2D eigenvalue weighted by Gasteiger charge is -2.20. The number of aromatic nitrogens is 2. The summed E-state index contributed by atoms with van der Waals surface area (Å²) in [6, 6.07) is 16.4. The van der Waals surface area contributed by atoms with Crippen molar-refractivity contribution < 1.29 is 4.74 Å². The fourth-order valence-electron chi connectivity index (χ4n) is 2.75. The van der Waals surface area contributed by atoms with Gasteiger partial charge in [-0.15, -0.1) is 0 Å². The molecule has 1 aromatic heterocycles. The molecule has 0 spiro atoms. The highest BCUT2D eigenvalue weighted by molar-refractivity contribution is 6.01. The van der Waals surface area contributed by atoms with Crippen molar-refractivity contribution in [2.75, 3.05) is 13.7 Å². The molecule has 0 bridgehead atoms. The molecule has 0 atom stereocenters. The monoisotopic (exact) mass is 348 g/mol. The highest BCUT2D eigenvalue weighted by Crippen LogP contribution is 2.15. The maximum absolute atomic E-state index is 5.23. The second-order valence-electron chi connectivity index (χ2n) is 6.04. The van der Waals surface area contributed by atoms with Gasteiger partial charge in [0, 0.05) is 24.5 Å². The molecule has 0 radical (unpaired) electrons. The maximum atomic E-state index is 5.23. The van der Waals surface area contributed by atoms with Crippen LogP contribution in [0.5, 0.6) is 5.75 Å². The number of imidazole rings is 1. The number of aryl methyl sites for hydroxylation is 1. The molecule has 3 aromatic rings. The van der Waals surface area contributed by atoms with Gasteiger partial charge in [0.2, 0.25) is 0 Å². The molecule has 0 amide bonds. The molecule has 0 saturated heterocycles. The average Bonchev–Trinajstić information content (AvgIpc) is 3.21. The van der Waals surface area contributed by atoms with Crippen LogP contribution in [0, 0.1) is 6.92 Å². The fourth-order valence-corrected chi connectivity index (χ4v) is 2.75. The van der Waals surface area contributed by atoms with Crippen LogP contribution in [0.4, 0.5) is 0 Å². The van der Waals surface area contributed by atoms with Crippen molar-refractivity contribution >= 4 is 5.84 Å². The van der Waals surface area contributed by atoms with E-state index in [9.17, 15) is 0 Å². The molecule has 0 aliphatic rings. The minimum Gasteiger partial charge on any atom is -0.497 e. The Morgan fingerprint density at radius 1 is 1.15 bits per heavy atom. The largest absolute Gasteiger partial charge is 0.497 e. The zero-order chi connectivity index (χ0) is 18.4. The molecule has 0 unspecified atom stereocenters. The van der Waals surface area contributed by atoms with E-state index in [1.165, 1.54) is 11.1 Å². The van der Waals surface area contributed by atoms with E-state index in [4.69, 9.17) is 9.84 Å². The first-order chi connectivity index (χ1) is 12.7. The first-order valence-corrected chi connectivity index (χ1v) is 8.72. The van der Waals surface area contributed by atoms with Gasteiger partial charge in [-0.25, -0.2) is 4.98 Å². The molecule has 1 heterocycles. The molecule has 0 aliphatic carbocycles. The zero-order valence-corrected chi connectivity index (χ0v) is 15.5. The lowest BCUT2D eigenvalue weighted by molar-refractivity contribution is 0.294. The topological polar surface area (TPSA) is 42.6 Å². The Morgan fingerprint density at radius 2 is 1.92 bits per heavy atom. The van der Waals surface area contributed by atoms with Gasteiger partial charge in [-0.3, -0.25) is 9.58 Å². The zero-order valence-electron chi connectivity index (χ0n) is 15.5. The van der Waals surface area contributed by atoms with Crippen LogP contribution in [-0.2, 0) is 6.54 Å². The summed E-state index contributed by atoms with van der Waals surface area (Å²) in [5.74, 6) is 1.73. The number of ether oxygens (including phenoxy) is 1. The van der Waals surface area contributed by atoms with Gasteiger partial charge in [0.1, 0.15) is 12.1 Å². The summed E-state index contributed by atoms with van der Waals surface area (Å²) in [7, 11) is 1.68. The van der Waals surface area contributed by atoms with Crippen molar-refractivity contribution in [3.05, 3.63) is 83.9 Å². The second-order valence-corrected chi connectivity index (χ2v) is 6.04. The standard InChI is InChI=1S/C21H24N4O/c1-4-25(15-18-9-11-19(26-3)12-10-18)23-21(24-14-13-22-16-24)20-8-6-5-7-17(20)2/h5-14,16H,4,15H2,1-3H3. The summed E-state index contributed by atoms with van der Waals surface area (Å²) in [4.78, 5) is 4.18. The molecule has 0 N–H and O–H groups in total. The minimum atomic E-state index is 0.727. The number of rotatable bonds is 6. The second kappa shape index (κ2) is 8.34. The van der Waals surface area contributed by atoms with Crippen LogP contribution in [-0.4, -0.2) is 34.1 Å². The highest BCUT2D eigenvalue weighted by atomic mass is 16.5. The van der Waals surface area contributed by atoms with Gasteiger partial charge in [0.15, 0.2) is 5.84 Å². The van der Waals surface area contributed by atoms with Crippen LogP contribution in [0.2, 0.25) is 0 Å². The van der Waals surface area contributed by atoms with Crippen LogP contribution < -0.4 is 4.74 Å². The molecular weight excluding hydrogens is 324 g/mol. The lowest BCUT2D eigenvalue weighted by atomic mass is 10.1. The molecule has 5 heteroatoms. The first-order valence-electron chi connectivity index (χ1n) is 8.72. The van der Waals surface area contributed by atoms with Gasteiger partial charge < -0.3 is 4.74 Å². The first kappa shape index (κ1) is 17.7. The Kier molecular flexibility index (Phi) is 5.69. The van der Waals surface area contributed by atoms with E-state index in [1.54, 1.807) is 19.6 Å². The highest BCUT2D eigenvalue weighted by Gasteiger charge is 2.11. The van der Waals surface area contributed by atoms with Crippen molar-refractivity contribution in [3.8, 4) is 5.75 Å². The lowest BCUT2D eigenvalue weighted by Crippen LogP contribution is -2.23. The summed E-state index contributed by atoms with van der Waals surface area (Å²) < 4.78 is 7.19. The molecule has 0 saturated carbocycles. The Bertz CT molecular complexity index is 854. The smallest absolute Gasteiger partial charge is 0.165 e. The van der Waals surface area contributed by atoms with Gasteiger partial charge >= 0.3 is 0 Å². The normalized spacial score (nSPS) is 11.4. The van der Waals surface area contributed by atoms with Crippen LogP contribution in [0.15, 0.2) is 72.4 Å². The predicted molar refractivity (Wildman–Crippen MR) is 104 cm³/mol. The van der Waals surface area contributed by atoms with E-state index in [2.05, 4.69) is 48.1 Å². The van der Waals surface area contributed by atoms with E-state index >= 15 is 0 Å². The Morgan fingerprint density at radius 3 is 2.54 bits per heavy atom. The quantitative estimate of drug-likeness (QED) is 0.385. The van der Waals surface area contributed by atoms with Gasteiger partial charge in [-0.05, 0) is 37.1 Å². The van der Waals surface area contributed by atoms with E-state index in [-0.39, 0.29) is 0 Å². The number of methoxy groups -OCH3 is 1. The van der Waals surface area contributed by atoms with E-state index < -0.39 is 0 Å². The average molecular weight is 348 g/mol.